The van der Waals surface area contributed by atoms with Crippen LogP contribution < -0.4 is 4.74 Å². The average Bonchev–Trinajstić information content (AvgIpc) is 2.76. The lowest BCUT2D eigenvalue weighted by atomic mass is 10.00. The van der Waals surface area contributed by atoms with Gasteiger partial charge >= 0.3 is 0 Å². The Morgan fingerprint density at radius 1 is 1.43 bits per heavy atom. The first-order chi connectivity index (χ1) is 14.3. The number of carbonyl (C=O) groups excluding carboxylic acids is 2. The highest BCUT2D eigenvalue weighted by molar-refractivity contribution is 9.10. The summed E-state index contributed by atoms with van der Waals surface area (Å²) < 4.78 is 6.79. The molecule has 0 saturated carbocycles. The van der Waals surface area contributed by atoms with Crippen molar-refractivity contribution in [3.63, 3.8) is 0 Å². The maximum atomic E-state index is 13.1. The Labute approximate surface area is 184 Å². The van der Waals surface area contributed by atoms with E-state index < -0.39 is 6.10 Å². The summed E-state index contributed by atoms with van der Waals surface area (Å²) in [7, 11) is 1.70. The van der Waals surface area contributed by atoms with E-state index in [4.69, 9.17) is 4.74 Å². The minimum atomic E-state index is -0.406. The molecule has 0 aromatic carbocycles. The summed E-state index contributed by atoms with van der Waals surface area (Å²) in [5.74, 6) is -0.355. The van der Waals surface area contributed by atoms with Gasteiger partial charge in [0.2, 0.25) is 5.88 Å². The number of halogens is 1. The summed E-state index contributed by atoms with van der Waals surface area (Å²) in [6.07, 6.45) is 2.74. The number of likely N-dealkylation sites (N-methyl/N-ethyl adjacent to an activating group) is 1. The van der Waals surface area contributed by atoms with Crippen LogP contribution >= 0.6 is 15.9 Å². The van der Waals surface area contributed by atoms with Crippen LogP contribution in [0.5, 0.6) is 5.88 Å². The van der Waals surface area contributed by atoms with Gasteiger partial charge in [-0.25, -0.2) is 4.98 Å². The molecule has 2 aromatic heterocycles. The van der Waals surface area contributed by atoms with Crippen molar-refractivity contribution in [1.82, 2.24) is 19.8 Å². The fraction of sp³-hybridized carbons (Fsp3) is 0.429. The van der Waals surface area contributed by atoms with E-state index in [-0.39, 0.29) is 36.3 Å². The lowest BCUT2D eigenvalue weighted by Gasteiger charge is -2.37. The Bertz CT molecular complexity index is 911. The highest BCUT2D eigenvalue weighted by Crippen LogP contribution is 2.28. The number of pyridine rings is 2. The van der Waals surface area contributed by atoms with Gasteiger partial charge in [-0.15, -0.1) is 0 Å². The van der Waals surface area contributed by atoms with Crippen LogP contribution in [0.1, 0.15) is 34.7 Å². The molecule has 1 aliphatic heterocycles. The Hall–Kier alpha value is -2.52. The van der Waals surface area contributed by atoms with Crippen molar-refractivity contribution in [2.45, 2.75) is 26.0 Å². The molecule has 3 heterocycles. The third-order valence-corrected chi connectivity index (χ3v) is 5.61. The van der Waals surface area contributed by atoms with Crippen LogP contribution in [-0.2, 0) is 0 Å². The molecular formula is C21H25BrN4O4. The number of ether oxygens (including phenoxy) is 1. The molecule has 0 fully saturated rings. The Kier molecular flexibility index (Phi) is 7.04. The minimum Gasteiger partial charge on any atom is -0.472 e. The van der Waals surface area contributed by atoms with Crippen LogP contribution in [0.4, 0.5) is 0 Å². The zero-order valence-corrected chi connectivity index (χ0v) is 18.7. The van der Waals surface area contributed by atoms with Gasteiger partial charge in [0.05, 0.1) is 19.2 Å². The molecule has 0 saturated heterocycles. The highest BCUT2D eigenvalue weighted by atomic mass is 79.9. The molecule has 0 unspecified atom stereocenters. The van der Waals surface area contributed by atoms with E-state index in [0.717, 1.165) is 0 Å². The van der Waals surface area contributed by atoms with Crippen molar-refractivity contribution in [2.24, 2.45) is 5.92 Å². The maximum absolute atomic E-state index is 13.1. The van der Waals surface area contributed by atoms with Crippen molar-refractivity contribution >= 4 is 27.7 Å². The first-order valence-corrected chi connectivity index (χ1v) is 10.5. The van der Waals surface area contributed by atoms with Gasteiger partial charge in [0.25, 0.3) is 11.8 Å². The summed E-state index contributed by atoms with van der Waals surface area (Å²) in [5, 5.41) is 9.66. The quantitative estimate of drug-likeness (QED) is 0.710. The van der Waals surface area contributed by atoms with Crippen molar-refractivity contribution in [3.05, 3.63) is 52.4 Å². The van der Waals surface area contributed by atoms with Crippen molar-refractivity contribution in [2.75, 3.05) is 26.7 Å². The standard InChI is InChI=1S/C21H25BrN4O4/c1-13-10-26(14(2)12-27)20(28)16-8-15(22)9-24-19(16)30-18(13)11-25(3)21(29)17-6-4-5-7-23-17/h4-9,13-14,18,27H,10-12H2,1-3H3/t13-,14+,18+/m0/s1. The summed E-state index contributed by atoms with van der Waals surface area (Å²) >= 11 is 3.35. The first kappa shape index (κ1) is 22.2. The number of nitrogens with zero attached hydrogens (tertiary/aromatic N) is 4. The lowest BCUT2D eigenvalue weighted by Crippen LogP contribution is -2.50. The number of carbonyl (C=O) groups is 2. The Morgan fingerprint density at radius 3 is 2.87 bits per heavy atom. The van der Waals surface area contributed by atoms with Crippen LogP contribution in [-0.4, -0.2) is 75.6 Å². The zero-order valence-electron chi connectivity index (χ0n) is 17.2. The third kappa shape index (κ3) is 4.79. The van der Waals surface area contributed by atoms with Gasteiger partial charge in [0.1, 0.15) is 17.4 Å². The van der Waals surface area contributed by atoms with Crippen molar-refractivity contribution in [1.29, 1.82) is 0 Å². The molecule has 0 radical (unpaired) electrons. The predicted molar refractivity (Wildman–Crippen MR) is 114 cm³/mol. The van der Waals surface area contributed by atoms with Gasteiger partial charge in [-0.1, -0.05) is 13.0 Å². The second-order valence-corrected chi connectivity index (χ2v) is 8.45. The normalized spacial score (nSPS) is 19.9. The predicted octanol–water partition coefficient (Wildman–Crippen LogP) is 2.23. The molecule has 1 aliphatic rings. The molecular weight excluding hydrogens is 452 g/mol. The molecule has 3 rings (SSSR count). The molecule has 3 atom stereocenters. The summed E-state index contributed by atoms with van der Waals surface area (Å²) in [4.78, 5) is 37.4. The second kappa shape index (κ2) is 9.53. The van der Waals surface area contributed by atoms with Crippen LogP contribution in [0.2, 0.25) is 0 Å². The van der Waals surface area contributed by atoms with Gasteiger partial charge < -0.3 is 19.6 Å². The van der Waals surface area contributed by atoms with Gasteiger partial charge in [-0.3, -0.25) is 14.6 Å². The molecule has 0 aliphatic carbocycles. The smallest absolute Gasteiger partial charge is 0.272 e. The van der Waals surface area contributed by atoms with Crippen LogP contribution in [0.15, 0.2) is 41.1 Å². The molecule has 160 valence electrons. The molecule has 0 spiro atoms. The van der Waals surface area contributed by atoms with Gasteiger partial charge in [0, 0.05) is 36.4 Å². The largest absolute Gasteiger partial charge is 0.472 e. The monoisotopic (exact) mass is 476 g/mol. The fourth-order valence-electron chi connectivity index (χ4n) is 3.33. The van der Waals surface area contributed by atoms with Crippen LogP contribution in [0.3, 0.4) is 0 Å². The number of aliphatic hydroxyl groups is 1. The van der Waals surface area contributed by atoms with E-state index in [1.807, 2.05) is 6.92 Å². The molecule has 8 nitrogen and oxygen atoms in total. The van der Waals surface area contributed by atoms with Gasteiger partial charge in [-0.2, -0.15) is 0 Å². The highest BCUT2D eigenvalue weighted by Gasteiger charge is 2.34. The lowest BCUT2D eigenvalue weighted by molar-refractivity contribution is 0.0312. The number of fused-ring (bicyclic) bond motifs is 1. The number of hydrogen-bond acceptors (Lipinski definition) is 6. The molecule has 9 heteroatoms. The molecule has 2 aromatic rings. The fourth-order valence-corrected chi connectivity index (χ4v) is 3.66. The van der Waals surface area contributed by atoms with Crippen LogP contribution in [0.25, 0.3) is 0 Å². The van der Waals surface area contributed by atoms with E-state index in [1.54, 1.807) is 60.4 Å². The summed E-state index contributed by atoms with van der Waals surface area (Å²) in [6.45, 7) is 4.27. The second-order valence-electron chi connectivity index (χ2n) is 7.53. The number of hydrogen-bond donors (Lipinski definition) is 1. The number of aliphatic hydroxyl groups excluding tert-OH is 1. The Balaban J connectivity index is 1.90. The number of aromatic nitrogens is 2. The first-order valence-electron chi connectivity index (χ1n) is 9.72. The van der Waals surface area contributed by atoms with E-state index in [2.05, 4.69) is 25.9 Å². The zero-order chi connectivity index (χ0) is 21.8. The van der Waals surface area contributed by atoms with Crippen molar-refractivity contribution < 1.29 is 19.4 Å². The van der Waals surface area contributed by atoms with Crippen LogP contribution in [0, 0.1) is 5.92 Å². The van der Waals surface area contributed by atoms with Gasteiger partial charge in [0.15, 0.2) is 0 Å². The van der Waals surface area contributed by atoms with E-state index >= 15 is 0 Å². The molecule has 2 amide bonds. The topological polar surface area (TPSA) is 95.9 Å². The SMILES string of the molecule is C[C@H](CO)N1C[C@H](C)[C@@H](CN(C)C(=O)c2ccccn2)Oc2ncc(Br)cc2C1=O. The number of rotatable bonds is 5. The van der Waals surface area contributed by atoms with E-state index in [0.29, 0.717) is 28.8 Å². The minimum absolute atomic E-state index is 0.111. The summed E-state index contributed by atoms with van der Waals surface area (Å²) in [5.41, 5.74) is 0.673. The molecule has 1 N–H and O–H groups in total. The average molecular weight is 477 g/mol. The van der Waals surface area contributed by atoms with E-state index in [1.165, 1.54) is 0 Å². The van der Waals surface area contributed by atoms with Crippen molar-refractivity contribution in [3.8, 4) is 5.88 Å². The third-order valence-electron chi connectivity index (χ3n) is 5.17. The van der Waals surface area contributed by atoms with Gasteiger partial charge in [-0.05, 0) is 41.1 Å². The Morgan fingerprint density at radius 2 is 2.20 bits per heavy atom. The van der Waals surface area contributed by atoms with E-state index in [9.17, 15) is 14.7 Å². The summed E-state index contributed by atoms with van der Waals surface area (Å²) in [6, 6.07) is 6.49. The molecule has 30 heavy (non-hydrogen) atoms. The molecule has 0 bridgehead atoms. The number of amides is 2. The maximum Gasteiger partial charge on any atom is 0.272 e.